The highest BCUT2D eigenvalue weighted by molar-refractivity contribution is 5.69. The number of rotatable bonds is 49. The second-order valence-corrected chi connectivity index (χ2v) is 21.2. The van der Waals surface area contributed by atoms with Crippen LogP contribution in [-0.2, 0) is 33.2 Å². The molecule has 14 nitrogen and oxygen atoms in total. The Morgan fingerprint density at radius 2 is 0.863 bits per heavy atom. The maximum atomic E-state index is 13.1. The average molecular weight is 1040 g/mol. The molecular weight excluding hydrogens is 933 g/mol. The van der Waals surface area contributed by atoms with Gasteiger partial charge < -0.3 is 64.2 Å². The van der Waals surface area contributed by atoms with Crippen molar-refractivity contribution in [2.45, 2.75) is 313 Å². The van der Waals surface area contributed by atoms with Crippen LogP contribution in [0.1, 0.15) is 245 Å². The number of hydrogen-bond acceptors (Lipinski definition) is 14. The van der Waals surface area contributed by atoms with Gasteiger partial charge in [0.2, 0.25) is 0 Å². The Bertz CT molecular complexity index is 1300. The van der Waals surface area contributed by atoms with Crippen molar-refractivity contribution in [2.75, 3.05) is 33.0 Å². The first-order chi connectivity index (χ1) is 35.6. The van der Waals surface area contributed by atoms with Crippen LogP contribution in [0.5, 0.6) is 0 Å². The molecule has 0 saturated carbocycles. The predicted molar refractivity (Wildman–Crippen MR) is 289 cm³/mol. The zero-order valence-corrected chi connectivity index (χ0v) is 46.1. The third-order valence-corrected chi connectivity index (χ3v) is 14.5. The van der Waals surface area contributed by atoms with Gasteiger partial charge in [-0.1, -0.05) is 224 Å². The molecule has 0 bridgehead atoms. The lowest BCUT2D eigenvalue weighted by Gasteiger charge is -2.42. The van der Waals surface area contributed by atoms with E-state index in [0.717, 1.165) is 64.2 Å². The summed E-state index contributed by atoms with van der Waals surface area (Å²) in [6.45, 7) is 3.67. The Morgan fingerprint density at radius 3 is 1.36 bits per heavy atom. The SMILES string of the molecule is CCCC/C=C\C/C=C\CCCCCCCCOCC(COC1OC(COC2OC(CO)C(O)C(O)C2O)C(O)C(O)C1O)OC(=O)CCCCCCCCCCCCCCCCCCCCCCCCCC. The van der Waals surface area contributed by atoms with Crippen LogP contribution in [0.4, 0.5) is 0 Å². The van der Waals surface area contributed by atoms with Crippen LogP contribution in [0.2, 0.25) is 0 Å². The summed E-state index contributed by atoms with van der Waals surface area (Å²) in [6, 6.07) is 0. The molecule has 2 aliphatic heterocycles. The van der Waals surface area contributed by atoms with Gasteiger partial charge in [0.05, 0.1) is 26.4 Å². The Morgan fingerprint density at radius 1 is 0.452 bits per heavy atom. The van der Waals surface area contributed by atoms with Gasteiger partial charge in [-0.25, -0.2) is 0 Å². The fourth-order valence-electron chi connectivity index (χ4n) is 9.60. The number of hydrogen-bond donors (Lipinski definition) is 7. The molecular formula is C59H110O14. The van der Waals surface area contributed by atoms with Crippen molar-refractivity contribution in [1.82, 2.24) is 0 Å². The summed E-state index contributed by atoms with van der Waals surface area (Å²) in [6.07, 6.45) is 36.7. The van der Waals surface area contributed by atoms with Gasteiger partial charge in [-0.05, 0) is 38.5 Å². The highest BCUT2D eigenvalue weighted by Gasteiger charge is 2.47. The molecule has 11 atom stereocenters. The number of unbranched alkanes of at least 4 members (excludes halogenated alkanes) is 31. The molecule has 0 aromatic carbocycles. The maximum Gasteiger partial charge on any atom is 0.306 e. The molecule has 73 heavy (non-hydrogen) atoms. The second kappa shape index (κ2) is 46.6. The molecule has 2 saturated heterocycles. The summed E-state index contributed by atoms with van der Waals surface area (Å²) >= 11 is 0. The molecule has 0 amide bonds. The Balaban J connectivity index is 1.68. The van der Waals surface area contributed by atoms with Crippen molar-refractivity contribution in [3.63, 3.8) is 0 Å². The Labute approximate surface area is 443 Å². The molecule has 14 heteroatoms. The largest absolute Gasteiger partial charge is 0.457 e. The van der Waals surface area contributed by atoms with Crippen molar-refractivity contribution in [3.8, 4) is 0 Å². The lowest BCUT2D eigenvalue weighted by Crippen LogP contribution is -2.61. The van der Waals surface area contributed by atoms with E-state index in [4.69, 9.17) is 28.4 Å². The smallest absolute Gasteiger partial charge is 0.306 e. The minimum atomic E-state index is -1.71. The van der Waals surface area contributed by atoms with E-state index in [0.29, 0.717) is 13.0 Å². The van der Waals surface area contributed by atoms with E-state index in [2.05, 4.69) is 38.2 Å². The van der Waals surface area contributed by atoms with Crippen molar-refractivity contribution in [2.24, 2.45) is 0 Å². The number of ether oxygens (including phenoxy) is 6. The van der Waals surface area contributed by atoms with Gasteiger partial charge >= 0.3 is 5.97 Å². The molecule has 11 unspecified atom stereocenters. The monoisotopic (exact) mass is 1040 g/mol. The molecule has 0 aliphatic carbocycles. The van der Waals surface area contributed by atoms with Crippen LogP contribution in [0.3, 0.4) is 0 Å². The first kappa shape index (κ1) is 67.6. The fraction of sp³-hybridized carbons (Fsp3) is 0.915. The van der Waals surface area contributed by atoms with Crippen molar-refractivity contribution in [3.05, 3.63) is 24.3 Å². The predicted octanol–water partition coefficient (Wildman–Crippen LogP) is 10.8. The minimum Gasteiger partial charge on any atom is -0.457 e. The van der Waals surface area contributed by atoms with Crippen LogP contribution in [0.15, 0.2) is 24.3 Å². The van der Waals surface area contributed by atoms with Gasteiger partial charge in [0, 0.05) is 13.0 Å². The lowest BCUT2D eigenvalue weighted by atomic mass is 9.98. The molecule has 0 aromatic rings. The number of aliphatic hydroxyl groups is 7. The topological polar surface area (TPSA) is 214 Å². The van der Waals surface area contributed by atoms with Gasteiger partial charge in [0.1, 0.15) is 54.9 Å². The van der Waals surface area contributed by atoms with Crippen LogP contribution < -0.4 is 0 Å². The molecule has 0 spiro atoms. The second-order valence-electron chi connectivity index (χ2n) is 21.2. The van der Waals surface area contributed by atoms with Crippen LogP contribution in [0.25, 0.3) is 0 Å². The zero-order valence-electron chi connectivity index (χ0n) is 46.1. The number of esters is 1. The van der Waals surface area contributed by atoms with E-state index in [1.165, 1.54) is 154 Å². The van der Waals surface area contributed by atoms with E-state index in [-0.39, 0.29) is 25.6 Å². The average Bonchev–Trinajstić information content (AvgIpc) is 3.39. The van der Waals surface area contributed by atoms with Gasteiger partial charge in [0.15, 0.2) is 12.6 Å². The summed E-state index contributed by atoms with van der Waals surface area (Å²) in [5, 5.41) is 72.3. The standard InChI is InChI=1S/C59H110O14/c1-3-5-7-9-11-13-15-17-19-20-21-22-23-24-25-26-27-28-30-32-34-36-38-40-42-51(61)71-48(45-68-43-41-39-37-35-33-31-29-18-16-14-12-10-8-6-4-2)46-69-58-57(67)55(65)53(63)50(73-58)47-70-59-56(66)54(64)52(62)49(44-60)72-59/h10,12,16,18,48-50,52-60,62-67H,3-9,11,13-15,17,19-47H2,1-2H3/b12-10-,18-16-. The molecule has 2 heterocycles. The lowest BCUT2D eigenvalue weighted by molar-refractivity contribution is -0.332. The zero-order chi connectivity index (χ0) is 53.0. The third kappa shape index (κ3) is 33.4. The third-order valence-electron chi connectivity index (χ3n) is 14.5. The van der Waals surface area contributed by atoms with E-state index in [9.17, 15) is 40.5 Å². The molecule has 0 radical (unpaired) electrons. The summed E-state index contributed by atoms with van der Waals surface area (Å²) in [5.41, 5.74) is 0. The van der Waals surface area contributed by atoms with Gasteiger partial charge in [-0.2, -0.15) is 0 Å². The molecule has 2 fully saturated rings. The van der Waals surface area contributed by atoms with E-state index < -0.39 is 80.7 Å². The van der Waals surface area contributed by atoms with Gasteiger partial charge in [-0.3, -0.25) is 4.79 Å². The van der Waals surface area contributed by atoms with E-state index >= 15 is 0 Å². The molecule has 2 aliphatic rings. The fourth-order valence-corrected chi connectivity index (χ4v) is 9.60. The summed E-state index contributed by atoms with van der Waals surface area (Å²) in [7, 11) is 0. The molecule has 430 valence electrons. The van der Waals surface area contributed by atoms with Gasteiger partial charge in [-0.15, -0.1) is 0 Å². The number of aliphatic hydroxyl groups excluding tert-OH is 7. The number of carbonyl (C=O) groups is 1. The van der Waals surface area contributed by atoms with Crippen LogP contribution >= 0.6 is 0 Å². The molecule has 7 N–H and O–H groups in total. The highest BCUT2D eigenvalue weighted by Crippen LogP contribution is 2.27. The van der Waals surface area contributed by atoms with Crippen molar-refractivity contribution >= 4 is 5.97 Å². The minimum absolute atomic E-state index is 0.0585. The number of allylic oxidation sites excluding steroid dienone is 4. The summed E-state index contributed by atoms with van der Waals surface area (Å²) in [5.74, 6) is -0.374. The maximum absolute atomic E-state index is 13.1. The summed E-state index contributed by atoms with van der Waals surface area (Å²) in [4.78, 5) is 13.1. The van der Waals surface area contributed by atoms with E-state index in [1.54, 1.807) is 0 Å². The Kier molecular flexibility index (Phi) is 43.1. The van der Waals surface area contributed by atoms with E-state index in [1.807, 2.05) is 0 Å². The van der Waals surface area contributed by atoms with Crippen LogP contribution in [-0.4, -0.2) is 142 Å². The first-order valence-electron chi connectivity index (χ1n) is 29.9. The van der Waals surface area contributed by atoms with Crippen LogP contribution in [0, 0.1) is 0 Å². The normalized spacial score (nSPS) is 25.1. The Hall–Kier alpha value is -1.53. The van der Waals surface area contributed by atoms with Crippen molar-refractivity contribution in [1.29, 1.82) is 0 Å². The molecule has 0 aromatic heterocycles. The molecule has 2 rings (SSSR count). The first-order valence-corrected chi connectivity index (χ1v) is 29.9. The van der Waals surface area contributed by atoms with Crippen molar-refractivity contribution < 1.29 is 69.0 Å². The highest BCUT2D eigenvalue weighted by atomic mass is 16.7. The quantitative estimate of drug-likeness (QED) is 0.0172. The summed E-state index contributed by atoms with van der Waals surface area (Å²) < 4.78 is 34.4. The number of carbonyl (C=O) groups excluding carboxylic acids is 1. The van der Waals surface area contributed by atoms with Gasteiger partial charge in [0.25, 0.3) is 0 Å².